The third kappa shape index (κ3) is 4.46. The monoisotopic (exact) mass is 331 g/mol. The second-order valence-electron chi connectivity index (χ2n) is 4.65. The minimum absolute atomic E-state index is 0.0172. The Kier molecular flexibility index (Phi) is 6.59. The Morgan fingerprint density at radius 1 is 1.17 bits per heavy atom. The maximum Gasteiger partial charge on any atom is 0.333 e. The molecule has 0 aliphatic carbocycles. The lowest BCUT2D eigenvalue weighted by Crippen LogP contribution is -2.07. The largest absolute Gasteiger partial charge is 0.462 e. The number of unbranched alkanes of at least 4 members (excludes halogenated alkanes) is 1. The number of hydrogen-bond donors (Lipinski definition) is 0. The molecule has 0 heterocycles. The van der Waals surface area contributed by atoms with Gasteiger partial charge in [-0.25, -0.2) is 22.4 Å². The van der Waals surface area contributed by atoms with Gasteiger partial charge in [0.15, 0.2) is 23.3 Å². The quantitative estimate of drug-likeness (QED) is 0.107. The van der Waals surface area contributed by atoms with Gasteiger partial charge in [0, 0.05) is 16.0 Å². The van der Waals surface area contributed by atoms with Crippen molar-refractivity contribution in [3.8, 4) is 0 Å². The molecule has 1 rings (SSSR count). The summed E-state index contributed by atoms with van der Waals surface area (Å²) in [4.78, 5) is 13.2. The Morgan fingerprint density at radius 2 is 1.74 bits per heavy atom. The molecule has 0 aromatic heterocycles. The Bertz CT molecular complexity index is 656. The van der Waals surface area contributed by atoms with Gasteiger partial charge in [0.2, 0.25) is 0 Å². The van der Waals surface area contributed by atoms with Crippen molar-refractivity contribution in [3.63, 3.8) is 0 Å². The van der Waals surface area contributed by atoms with Crippen LogP contribution in [0.1, 0.15) is 25.3 Å². The van der Waals surface area contributed by atoms with Crippen molar-refractivity contribution >= 4 is 11.7 Å². The summed E-state index contributed by atoms with van der Waals surface area (Å²) in [5.74, 6) is -7.30. The van der Waals surface area contributed by atoms with E-state index in [2.05, 4.69) is 16.6 Å². The predicted octanol–water partition coefficient (Wildman–Crippen LogP) is 4.63. The number of rotatable bonds is 7. The Labute approximate surface area is 129 Å². The third-order valence-corrected chi connectivity index (χ3v) is 2.88. The zero-order valence-corrected chi connectivity index (χ0v) is 12.2. The van der Waals surface area contributed by atoms with Gasteiger partial charge in [0.1, 0.15) is 5.69 Å². The van der Waals surface area contributed by atoms with Crippen molar-refractivity contribution in [2.24, 2.45) is 5.11 Å². The molecule has 0 radical (unpaired) electrons. The highest BCUT2D eigenvalue weighted by atomic mass is 19.2. The number of carbonyl (C=O) groups excluding carboxylic acids is 1. The Balaban J connectivity index is 2.77. The van der Waals surface area contributed by atoms with Crippen LogP contribution in [0.3, 0.4) is 0 Å². The van der Waals surface area contributed by atoms with Crippen LogP contribution in [0.4, 0.5) is 23.2 Å². The van der Waals surface area contributed by atoms with Crippen LogP contribution in [0.25, 0.3) is 10.4 Å². The number of benzene rings is 1. The molecule has 0 atom stereocenters. The zero-order valence-electron chi connectivity index (χ0n) is 12.2. The maximum absolute atomic E-state index is 13.7. The van der Waals surface area contributed by atoms with E-state index in [0.29, 0.717) is 0 Å². The standard InChI is InChI=1S/C14H13F4N3O2/c1-7(2)14(22)23-6-4-3-5-8-9(15)11(17)13(20-21-19)12(18)10(8)16/h1,3-6H2,2H3. The minimum atomic E-state index is -1.74. The van der Waals surface area contributed by atoms with E-state index in [1.54, 1.807) is 0 Å². The first-order chi connectivity index (χ1) is 10.8. The van der Waals surface area contributed by atoms with E-state index in [0.717, 1.165) is 0 Å². The molecular formula is C14H13F4N3O2. The SMILES string of the molecule is C=C(C)C(=O)OCCCCc1c(F)c(F)c(N=[N+]=[N-])c(F)c1F. The van der Waals surface area contributed by atoms with E-state index in [4.69, 9.17) is 10.3 Å². The van der Waals surface area contributed by atoms with Crippen LogP contribution in [-0.4, -0.2) is 12.6 Å². The fourth-order valence-corrected chi connectivity index (χ4v) is 1.71. The van der Waals surface area contributed by atoms with Gasteiger partial charge in [-0.1, -0.05) is 11.7 Å². The number of hydrogen-bond acceptors (Lipinski definition) is 3. The maximum atomic E-state index is 13.7. The summed E-state index contributed by atoms with van der Waals surface area (Å²) in [5, 5.41) is 2.60. The number of halogens is 4. The van der Waals surface area contributed by atoms with Crippen LogP contribution >= 0.6 is 0 Å². The van der Waals surface area contributed by atoms with Crippen molar-refractivity contribution in [2.75, 3.05) is 6.61 Å². The lowest BCUT2D eigenvalue weighted by molar-refractivity contribution is -0.139. The first kappa shape index (κ1) is 18.5. The minimum Gasteiger partial charge on any atom is -0.462 e. The lowest BCUT2D eigenvalue weighted by Gasteiger charge is -2.09. The normalized spacial score (nSPS) is 10.1. The molecule has 0 bridgehead atoms. The second kappa shape index (κ2) is 8.19. The molecule has 0 aliphatic heterocycles. The van der Waals surface area contributed by atoms with Crippen molar-refractivity contribution in [3.05, 3.63) is 51.4 Å². The average Bonchev–Trinajstić information content (AvgIpc) is 2.51. The van der Waals surface area contributed by atoms with Crippen LogP contribution in [0.2, 0.25) is 0 Å². The smallest absolute Gasteiger partial charge is 0.333 e. The second-order valence-corrected chi connectivity index (χ2v) is 4.65. The first-order valence-corrected chi connectivity index (χ1v) is 6.53. The van der Waals surface area contributed by atoms with E-state index >= 15 is 0 Å². The molecule has 1 aromatic rings. The highest BCUT2D eigenvalue weighted by molar-refractivity contribution is 5.86. The van der Waals surface area contributed by atoms with Crippen molar-refractivity contribution in [1.29, 1.82) is 0 Å². The number of ether oxygens (including phenoxy) is 1. The lowest BCUT2D eigenvalue weighted by atomic mass is 10.1. The van der Waals surface area contributed by atoms with Gasteiger partial charge >= 0.3 is 5.97 Å². The van der Waals surface area contributed by atoms with Crippen LogP contribution in [0, 0.1) is 23.3 Å². The van der Waals surface area contributed by atoms with Gasteiger partial charge in [-0.2, -0.15) is 0 Å². The van der Waals surface area contributed by atoms with E-state index in [1.165, 1.54) is 6.92 Å². The molecule has 23 heavy (non-hydrogen) atoms. The Hall–Kier alpha value is -2.54. The van der Waals surface area contributed by atoms with Gasteiger partial charge in [-0.3, -0.25) is 0 Å². The summed E-state index contributed by atoms with van der Waals surface area (Å²) in [6.45, 7) is 4.82. The molecule has 0 N–H and O–H groups in total. The van der Waals surface area contributed by atoms with Crippen LogP contribution in [-0.2, 0) is 16.0 Å². The molecular weight excluding hydrogens is 318 g/mol. The van der Waals surface area contributed by atoms with E-state index in [9.17, 15) is 22.4 Å². The van der Waals surface area contributed by atoms with Crippen LogP contribution in [0.5, 0.6) is 0 Å². The average molecular weight is 331 g/mol. The van der Waals surface area contributed by atoms with Gasteiger partial charge in [-0.05, 0) is 31.7 Å². The molecule has 0 unspecified atom stereocenters. The summed E-state index contributed by atoms with van der Waals surface area (Å²) in [7, 11) is 0. The highest BCUT2D eigenvalue weighted by Crippen LogP contribution is 2.31. The molecule has 5 nitrogen and oxygen atoms in total. The van der Waals surface area contributed by atoms with Gasteiger partial charge in [0.25, 0.3) is 0 Å². The molecule has 0 saturated heterocycles. The molecule has 1 aromatic carbocycles. The van der Waals surface area contributed by atoms with Crippen molar-refractivity contribution in [2.45, 2.75) is 26.2 Å². The van der Waals surface area contributed by atoms with Crippen LogP contribution in [0.15, 0.2) is 17.3 Å². The highest BCUT2D eigenvalue weighted by Gasteiger charge is 2.24. The molecule has 0 saturated carbocycles. The fourth-order valence-electron chi connectivity index (χ4n) is 1.71. The summed E-state index contributed by atoms with van der Waals surface area (Å²) in [6, 6.07) is 0. The number of azide groups is 1. The van der Waals surface area contributed by atoms with Gasteiger partial charge < -0.3 is 4.74 Å². The molecule has 124 valence electrons. The van der Waals surface area contributed by atoms with E-state index < -0.39 is 40.5 Å². The molecule has 9 heteroatoms. The van der Waals surface area contributed by atoms with Gasteiger partial charge in [0.05, 0.1) is 6.61 Å². The molecule has 0 fully saturated rings. The summed E-state index contributed by atoms with van der Waals surface area (Å²) in [5.41, 5.74) is 6.21. The number of nitrogens with zero attached hydrogens (tertiary/aromatic N) is 3. The predicted molar refractivity (Wildman–Crippen MR) is 73.8 cm³/mol. The van der Waals surface area contributed by atoms with Crippen molar-refractivity contribution < 1.29 is 27.1 Å². The van der Waals surface area contributed by atoms with E-state index in [-0.39, 0.29) is 31.4 Å². The first-order valence-electron chi connectivity index (χ1n) is 6.53. The topological polar surface area (TPSA) is 75.1 Å². The zero-order chi connectivity index (χ0) is 17.6. The third-order valence-electron chi connectivity index (χ3n) is 2.88. The molecule has 0 amide bonds. The summed E-state index contributed by atoms with van der Waals surface area (Å²) in [6.07, 6.45) is 0.0446. The number of esters is 1. The number of carbonyl (C=O) groups is 1. The van der Waals surface area contributed by atoms with Crippen LogP contribution < -0.4 is 0 Å². The van der Waals surface area contributed by atoms with Gasteiger partial charge in [-0.15, -0.1) is 0 Å². The molecule has 0 spiro atoms. The fraction of sp³-hybridized carbons (Fsp3) is 0.357. The summed E-state index contributed by atoms with van der Waals surface area (Å²) < 4.78 is 59.3. The summed E-state index contributed by atoms with van der Waals surface area (Å²) >= 11 is 0. The molecule has 0 aliphatic rings. The van der Waals surface area contributed by atoms with E-state index in [1.807, 2.05) is 0 Å². The Morgan fingerprint density at radius 3 is 2.22 bits per heavy atom. The van der Waals surface area contributed by atoms with Crippen molar-refractivity contribution in [1.82, 2.24) is 0 Å².